The van der Waals surface area contributed by atoms with Gasteiger partial charge in [-0.05, 0) is 19.8 Å². The second-order valence-corrected chi connectivity index (χ2v) is 4.89. The maximum atomic E-state index is 12.5. The molecule has 1 saturated carbocycles. The van der Waals surface area contributed by atoms with Crippen LogP contribution in [0.2, 0.25) is 0 Å². The van der Waals surface area contributed by atoms with Crippen molar-refractivity contribution in [2.45, 2.75) is 32.6 Å². The number of amides is 2. The standard InChI is InChI=1S/C12H22N4O3/c1-3-14-9(17)8-16(2)11(18)12(10(13)15-19)6-4-5-7-12/h19H,3-8H2,1-2H3,(H2,13,15)(H,14,17). The Morgan fingerprint density at radius 2 is 2.00 bits per heavy atom. The summed E-state index contributed by atoms with van der Waals surface area (Å²) in [4.78, 5) is 25.3. The number of nitrogens with two attached hydrogens (primary N) is 1. The van der Waals surface area contributed by atoms with Gasteiger partial charge in [-0.25, -0.2) is 0 Å². The fourth-order valence-corrected chi connectivity index (χ4v) is 2.56. The summed E-state index contributed by atoms with van der Waals surface area (Å²) in [6.45, 7) is 2.31. The second-order valence-electron chi connectivity index (χ2n) is 4.89. The summed E-state index contributed by atoms with van der Waals surface area (Å²) >= 11 is 0. The Balaban J connectivity index is 2.81. The molecule has 0 saturated heterocycles. The SMILES string of the molecule is CCNC(=O)CN(C)C(=O)C1(C(N)=NO)CCCC1. The van der Waals surface area contributed by atoms with Gasteiger partial charge in [-0.2, -0.15) is 0 Å². The van der Waals surface area contributed by atoms with Crippen molar-refractivity contribution in [1.29, 1.82) is 0 Å². The Labute approximate surface area is 112 Å². The number of likely N-dealkylation sites (N-methyl/N-ethyl adjacent to an activating group) is 2. The molecule has 0 atom stereocenters. The van der Waals surface area contributed by atoms with E-state index in [4.69, 9.17) is 10.9 Å². The molecule has 7 heteroatoms. The van der Waals surface area contributed by atoms with Gasteiger partial charge in [-0.3, -0.25) is 9.59 Å². The molecular formula is C12H22N4O3. The zero-order valence-electron chi connectivity index (χ0n) is 11.5. The lowest BCUT2D eigenvalue weighted by Crippen LogP contribution is -2.51. The predicted molar refractivity (Wildman–Crippen MR) is 70.6 cm³/mol. The fourth-order valence-electron chi connectivity index (χ4n) is 2.56. The van der Waals surface area contributed by atoms with E-state index in [1.54, 1.807) is 7.05 Å². The molecule has 1 fully saturated rings. The van der Waals surface area contributed by atoms with E-state index >= 15 is 0 Å². The number of carbonyl (C=O) groups is 2. The molecular weight excluding hydrogens is 248 g/mol. The zero-order valence-corrected chi connectivity index (χ0v) is 11.5. The molecule has 0 heterocycles. The zero-order chi connectivity index (χ0) is 14.5. The van der Waals surface area contributed by atoms with E-state index in [2.05, 4.69) is 10.5 Å². The molecule has 1 aliphatic rings. The Morgan fingerprint density at radius 3 is 2.47 bits per heavy atom. The summed E-state index contributed by atoms with van der Waals surface area (Å²) in [6, 6.07) is 0. The number of oxime groups is 1. The molecule has 1 rings (SSSR count). The first-order chi connectivity index (χ1) is 8.97. The molecule has 0 radical (unpaired) electrons. The monoisotopic (exact) mass is 270 g/mol. The lowest BCUT2D eigenvalue weighted by molar-refractivity contribution is -0.140. The summed E-state index contributed by atoms with van der Waals surface area (Å²) in [5.74, 6) is -0.532. The maximum absolute atomic E-state index is 12.5. The first-order valence-corrected chi connectivity index (χ1v) is 6.48. The van der Waals surface area contributed by atoms with Gasteiger partial charge in [0.05, 0.1) is 6.54 Å². The largest absolute Gasteiger partial charge is 0.409 e. The van der Waals surface area contributed by atoms with Gasteiger partial charge in [-0.15, -0.1) is 0 Å². The summed E-state index contributed by atoms with van der Waals surface area (Å²) in [6.07, 6.45) is 2.83. The third-order valence-electron chi connectivity index (χ3n) is 3.57. The Morgan fingerprint density at radius 1 is 1.42 bits per heavy atom. The van der Waals surface area contributed by atoms with Crippen LogP contribution in [0, 0.1) is 5.41 Å². The summed E-state index contributed by atoms with van der Waals surface area (Å²) in [5.41, 5.74) is 4.74. The molecule has 1 aliphatic carbocycles. The molecule has 2 amide bonds. The highest BCUT2D eigenvalue weighted by atomic mass is 16.4. The molecule has 0 unspecified atom stereocenters. The van der Waals surface area contributed by atoms with E-state index in [0.717, 1.165) is 12.8 Å². The number of rotatable bonds is 5. The molecule has 0 bridgehead atoms. The average Bonchev–Trinajstić information content (AvgIpc) is 2.87. The highest BCUT2D eigenvalue weighted by Crippen LogP contribution is 2.39. The first kappa shape index (κ1) is 15.3. The normalized spacial score (nSPS) is 18.1. The van der Waals surface area contributed by atoms with Crippen molar-refractivity contribution in [1.82, 2.24) is 10.2 Å². The minimum Gasteiger partial charge on any atom is -0.409 e. The van der Waals surface area contributed by atoms with Crippen LogP contribution in [0.5, 0.6) is 0 Å². The van der Waals surface area contributed by atoms with Crippen LogP contribution in [0.1, 0.15) is 32.6 Å². The van der Waals surface area contributed by atoms with Crippen molar-refractivity contribution in [3.05, 3.63) is 0 Å². The molecule has 0 spiro atoms. The first-order valence-electron chi connectivity index (χ1n) is 6.48. The van der Waals surface area contributed by atoms with Gasteiger partial charge < -0.3 is 21.2 Å². The van der Waals surface area contributed by atoms with Gasteiger partial charge in [-0.1, -0.05) is 18.0 Å². The highest BCUT2D eigenvalue weighted by Gasteiger charge is 2.47. The van der Waals surface area contributed by atoms with Crippen LogP contribution < -0.4 is 11.1 Å². The number of carbonyl (C=O) groups excluding carboxylic acids is 2. The molecule has 7 nitrogen and oxygen atoms in total. The van der Waals surface area contributed by atoms with Crippen LogP contribution in [0.4, 0.5) is 0 Å². The predicted octanol–water partition coefficient (Wildman–Crippen LogP) is -0.112. The van der Waals surface area contributed by atoms with Gasteiger partial charge in [0.2, 0.25) is 11.8 Å². The number of hydrogen-bond acceptors (Lipinski definition) is 4. The van der Waals surface area contributed by atoms with Crippen molar-refractivity contribution in [2.75, 3.05) is 20.1 Å². The number of nitrogens with one attached hydrogen (secondary N) is 1. The third kappa shape index (κ3) is 3.15. The van der Waals surface area contributed by atoms with Crippen molar-refractivity contribution >= 4 is 17.6 Å². The molecule has 0 aliphatic heterocycles. The summed E-state index contributed by atoms with van der Waals surface area (Å²) < 4.78 is 0. The lowest BCUT2D eigenvalue weighted by atomic mass is 9.83. The van der Waals surface area contributed by atoms with Crippen LogP contribution in [0.15, 0.2) is 5.16 Å². The van der Waals surface area contributed by atoms with E-state index in [1.807, 2.05) is 6.92 Å². The van der Waals surface area contributed by atoms with E-state index in [1.165, 1.54) is 4.90 Å². The van der Waals surface area contributed by atoms with E-state index in [-0.39, 0.29) is 24.2 Å². The lowest BCUT2D eigenvalue weighted by Gasteiger charge is -2.30. The topological polar surface area (TPSA) is 108 Å². The maximum Gasteiger partial charge on any atom is 0.239 e. The van der Waals surface area contributed by atoms with Crippen molar-refractivity contribution in [3.63, 3.8) is 0 Å². The van der Waals surface area contributed by atoms with Crippen molar-refractivity contribution < 1.29 is 14.8 Å². The smallest absolute Gasteiger partial charge is 0.239 e. The molecule has 4 N–H and O–H groups in total. The highest BCUT2D eigenvalue weighted by molar-refractivity contribution is 6.07. The Bertz CT molecular complexity index is 375. The fraction of sp³-hybridized carbons (Fsp3) is 0.750. The molecule has 0 aromatic rings. The average molecular weight is 270 g/mol. The summed E-state index contributed by atoms with van der Waals surface area (Å²) in [5, 5.41) is 14.5. The van der Waals surface area contributed by atoms with Gasteiger partial charge in [0.25, 0.3) is 0 Å². The molecule has 0 aromatic heterocycles. The van der Waals surface area contributed by atoms with E-state index in [0.29, 0.717) is 19.4 Å². The molecule has 19 heavy (non-hydrogen) atoms. The minimum atomic E-state index is -0.948. The van der Waals surface area contributed by atoms with Crippen LogP contribution in [0.3, 0.4) is 0 Å². The van der Waals surface area contributed by atoms with Crippen LogP contribution >= 0.6 is 0 Å². The van der Waals surface area contributed by atoms with Crippen molar-refractivity contribution in [3.8, 4) is 0 Å². The van der Waals surface area contributed by atoms with E-state index in [9.17, 15) is 9.59 Å². The number of nitrogens with zero attached hydrogens (tertiary/aromatic N) is 2. The van der Waals surface area contributed by atoms with Gasteiger partial charge in [0.15, 0.2) is 5.84 Å². The molecule has 108 valence electrons. The Kier molecular flexibility index (Phi) is 5.14. The van der Waals surface area contributed by atoms with Gasteiger partial charge in [0.1, 0.15) is 5.41 Å². The number of amidine groups is 1. The number of hydrogen-bond donors (Lipinski definition) is 3. The Hall–Kier alpha value is -1.79. The van der Waals surface area contributed by atoms with Crippen LogP contribution in [0.25, 0.3) is 0 Å². The quantitative estimate of drug-likeness (QED) is 0.280. The van der Waals surface area contributed by atoms with Crippen LogP contribution in [-0.2, 0) is 9.59 Å². The molecule has 0 aromatic carbocycles. The van der Waals surface area contributed by atoms with Gasteiger partial charge in [0, 0.05) is 13.6 Å². The van der Waals surface area contributed by atoms with Gasteiger partial charge >= 0.3 is 0 Å². The van der Waals surface area contributed by atoms with E-state index < -0.39 is 5.41 Å². The third-order valence-corrected chi connectivity index (χ3v) is 3.57. The van der Waals surface area contributed by atoms with Crippen molar-refractivity contribution in [2.24, 2.45) is 16.3 Å². The summed E-state index contributed by atoms with van der Waals surface area (Å²) in [7, 11) is 1.56. The van der Waals surface area contributed by atoms with Crippen LogP contribution in [-0.4, -0.2) is 47.9 Å². The minimum absolute atomic E-state index is 0.0207. The second kappa shape index (κ2) is 6.40.